The van der Waals surface area contributed by atoms with Gasteiger partial charge in [0.2, 0.25) is 0 Å². The van der Waals surface area contributed by atoms with Crippen molar-refractivity contribution in [1.29, 1.82) is 0 Å². The molecule has 1 spiro atoms. The molecule has 0 unspecified atom stereocenters. The number of ketones is 2. The Bertz CT molecular complexity index is 822. The molecule has 0 N–H and O–H groups in total. The zero-order valence-electron chi connectivity index (χ0n) is 18.9. The summed E-state index contributed by atoms with van der Waals surface area (Å²) in [6.07, 6.45) is 1.48. The fourth-order valence-electron chi connectivity index (χ4n) is 4.48. The minimum atomic E-state index is -1.14. The Morgan fingerprint density at radius 1 is 0.697 bits per heavy atom. The lowest BCUT2D eigenvalue weighted by atomic mass is 9.90. The van der Waals surface area contributed by atoms with Crippen LogP contribution >= 0.6 is 0 Å². The highest BCUT2D eigenvalue weighted by Gasteiger charge is 2.48. The van der Waals surface area contributed by atoms with Gasteiger partial charge in [-0.15, -0.1) is 0 Å². The van der Waals surface area contributed by atoms with Crippen LogP contribution in [-0.4, -0.2) is 42.8 Å². The summed E-state index contributed by atoms with van der Waals surface area (Å²) >= 11 is 0. The van der Waals surface area contributed by atoms with Crippen molar-refractivity contribution in [3.63, 3.8) is 0 Å². The molecule has 4 rings (SSSR count). The fraction of sp³-hybridized carbons (Fsp3) is 0.481. The Morgan fingerprint density at radius 2 is 1.12 bits per heavy atom. The van der Waals surface area contributed by atoms with E-state index in [1.54, 1.807) is 0 Å². The molecular weight excluding hydrogens is 420 g/mol. The fourth-order valence-corrected chi connectivity index (χ4v) is 4.48. The molecule has 0 aromatic heterocycles. The van der Waals surface area contributed by atoms with Crippen LogP contribution in [0, 0.1) is 0 Å². The smallest absolute Gasteiger partial charge is 0.182 e. The van der Waals surface area contributed by atoms with Gasteiger partial charge in [0.15, 0.2) is 5.79 Å². The van der Waals surface area contributed by atoms with Gasteiger partial charge in [-0.05, 0) is 24.0 Å². The minimum Gasteiger partial charge on any atom is -0.377 e. The molecule has 0 aliphatic carbocycles. The molecule has 2 aromatic carbocycles. The van der Waals surface area contributed by atoms with Crippen molar-refractivity contribution in [2.24, 2.45) is 0 Å². The van der Waals surface area contributed by atoms with E-state index in [0.29, 0.717) is 52.1 Å². The zero-order chi connectivity index (χ0) is 22.9. The first-order valence-electron chi connectivity index (χ1n) is 11.7. The van der Waals surface area contributed by atoms with Crippen molar-refractivity contribution < 1.29 is 28.5 Å². The molecule has 2 atom stereocenters. The van der Waals surface area contributed by atoms with Crippen molar-refractivity contribution in [2.45, 2.75) is 69.7 Å². The first-order valence-corrected chi connectivity index (χ1v) is 11.7. The SMILES string of the molecule is O=C1C[C@H](CCOCc2ccccc2)OC2(C1)CC(=O)C[C@H](CCOCc1ccccc1)O2. The van der Waals surface area contributed by atoms with Crippen LogP contribution < -0.4 is 0 Å². The first kappa shape index (κ1) is 23.8. The molecule has 33 heavy (non-hydrogen) atoms. The molecule has 176 valence electrons. The molecule has 0 saturated carbocycles. The number of Topliss-reactive ketones (excluding diaryl/α,β-unsaturated/α-hetero) is 2. The van der Waals surface area contributed by atoms with Gasteiger partial charge in [-0.3, -0.25) is 9.59 Å². The largest absolute Gasteiger partial charge is 0.377 e. The molecule has 2 aliphatic rings. The maximum Gasteiger partial charge on any atom is 0.182 e. The molecule has 6 nitrogen and oxygen atoms in total. The molecule has 0 amide bonds. The van der Waals surface area contributed by atoms with E-state index in [1.807, 2.05) is 60.7 Å². The zero-order valence-corrected chi connectivity index (χ0v) is 18.9. The molecule has 2 fully saturated rings. The number of carbonyl (C=O) groups is 2. The van der Waals surface area contributed by atoms with Gasteiger partial charge in [0.1, 0.15) is 11.6 Å². The van der Waals surface area contributed by atoms with Gasteiger partial charge in [-0.25, -0.2) is 0 Å². The van der Waals surface area contributed by atoms with E-state index in [4.69, 9.17) is 18.9 Å². The lowest BCUT2D eigenvalue weighted by Crippen LogP contribution is -2.53. The third-order valence-corrected chi connectivity index (χ3v) is 6.00. The van der Waals surface area contributed by atoms with E-state index in [2.05, 4.69) is 0 Å². The average molecular weight is 453 g/mol. The summed E-state index contributed by atoms with van der Waals surface area (Å²) < 4.78 is 24.0. The van der Waals surface area contributed by atoms with Crippen LogP contribution in [0.1, 0.15) is 49.7 Å². The quantitative estimate of drug-likeness (QED) is 0.498. The summed E-state index contributed by atoms with van der Waals surface area (Å²) in [6, 6.07) is 19.9. The van der Waals surface area contributed by atoms with Crippen LogP contribution in [0.2, 0.25) is 0 Å². The van der Waals surface area contributed by atoms with Gasteiger partial charge in [0.05, 0.1) is 38.3 Å². The van der Waals surface area contributed by atoms with Crippen molar-refractivity contribution in [3.8, 4) is 0 Å². The molecule has 0 bridgehead atoms. The van der Waals surface area contributed by atoms with Gasteiger partial charge < -0.3 is 18.9 Å². The summed E-state index contributed by atoms with van der Waals surface area (Å²) in [6.45, 7) is 2.00. The Balaban J connectivity index is 1.24. The highest BCUT2D eigenvalue weighted by molar-refractivity contribution is 5.84. The maximum absolute atomic E-state index is 12.5. The Labute approximate surface area is 195 Å². The predicted molar refractivity (Wildman–Crippen MR) is 122 cm³/mol. The number of hydrogen-bond acceptors (Lipinski definition) is 6. The van der Waals surface area contributed by atoms with Crippen molar-refractivity contribution in [2.75, 3.05) is 13.2 Å². The molecule has 6 heteroatoms. The summed E-state index contributed by atoms with van der Waals surface area (Å²) in [7, 11) is 0. The van der Waals surface area contributed by atoms with E-state index >= 15 is 0 Å². The molecule has 2 aromatic rings. The van der Waals surface area contributed by atoms with E-state index in [1.165, 1.54) is 0 Å². The summed E-state index contributed by atoms with van der Waals surface area (Å²) in [5, 5.41) is 0. The number of hydrogen-bond donors (Lipinski definition) is 0. The van der Waals surface area contributed by atoms with Crippen LogP contribution in [0.25, 0.3) is 0 Å². The van der Waals surface area contributed by atoms with E-state index in [9.17, 15) is 9.59 Å². The Kier molecular flexibility index (Phi) is 8.40. The standard InChI is InChI=1S/C27H32O6/c28-23-15-25(11-13-30-19-21-7-3-1-4-8-21)32-27(17-23)18-24(29)16-26(33-27)12-14-31-20-22-9-5-2-6-10-22/h1-10,25-26H,11-20H2/t25-,26-,27?/m0/s1. The molecular formula is C27H32O6. The molecule has 2 saturated heterocycles. The van der Waals surface area contributed by atoms with Gasteiger partial charge >= 0.3 is 0 Å². The number of ether oxygens (including phenoxy) is 4. The van der Waals surface area contributed by atoms with Gasteiger partial charge in [-0.1, -0.05) is 60.7 Å². The third kappa shape index (κ3) is 7.30. The van der Waals surface area contributed by atoms with Crippen LogP contribution in [0.15, 0.2) is 60.7 Å². The topological polar surface area (TPSA) is 71.1 Å². The molecule has 2 aliphatic heterocycles. The van der Waals surface area contributed by atoms with Gasteiger partial charge in [-0.2, -0.15) is 0 Å². The Hall–Kier alpha value is -2.38. The average Bonchev–Trinajstić information content (AvgIpc) is 2.80. The van der Waals surface area contributed by atoms with Gasteiger partial charge in [0, 0.05) is 26.1 Å². The molecule has 0 radical (unpaired) electrons. The van der Waals surface area contributed by atoms with Crippen molar-refractivity contribution >= 4 is 11.6 Å². The number of carbonyl (C=O) groups excluding carboxylic acids is 2. The summed E-state index contributed by atoms with van der Waals surface area (Å²) in [5.41, 5.74) is 2.21. The third-order valence-electron chi connectivity index (χ3n) is 6.00. The van der Waals surface area contributed by atoms with Crippen LogP contribution in [0.4, 0.5) is 0 Å². The van der Waals surface area contributed by atoms with Crippen LogP contribution in [0.5, 0.6) is 0 Å². The lowest BCUT2D eigenvalue weighted by molar-refractivity contribution is -0.299. The highest BCUT2D eigenvalue weighted by Crippen LogP contribution is 2.38. The van der Waals surface area contributed by atoms with E-state index in [0.717, 1.165) is 11.1 Å². The van der Waals surface area contributed by atoms with Gasteiger partial charge in [0.25, 0.3) is 0 Å². The summed E-state index contributed by atoms with van der Waals surface area (Å²) in [5.74, 6) is -0.995. The predicted octanol–water partition coefficient (Wildman–Crippen LogP) is 4.39. The summed E-state index contributed by atoms with van der Waals surface area (Å²) in [4.78, 5) is 25.0. The Morgan fingerprint density at radius 3 is 1.55 bits per heavy atom. The highest BCUT2D eigenvalue weighted by atomic mass is 16.7. The van der Waals surface area contributed by atoms with Crippen molar-refractivity contribution in [3.05, 3.63) is 71.8 Å². The van der Waals surface area contributed by atoms with E-state index < -0.39 is 5.79 Å². The van der Waals surface area contributed by atoms with Crippen LogP contribution in [-0.2, 0) is 41.8 Å². The second kappa shape index (κ2) is 11.7. The molecule has 2 heterocycles. The maximum atomic E-state index is 12.5. The number of benzene rings is 2. The first-order chi connectivity index (χ1) is 16.1. The second-order valence-corrected chi connectivity index (χ2v) is 8.88. The lowest BCUT2D eigenvalue weighted by Gasteiger charge is -2.44. The minimum absolute atomic E-state index is 0.0723. The van der Waals surface area contributed by atoms with Crippen LogP contribution in [0.3, 0.4) is 0 Å². The second-order valence-electron chi connectivity index (χ2n) is 8.88. The number of rotatable bonds is 10. The van der Waals surface area contributed by atoms with Crippen molar-refractivity contribution in [1.82, 2.24) is 0 Å². The monoisotopic (exact) mass is 452 g/mol. The van der Waals surface area contributed by atoms with E-state index in [-0.39, 0.29) is 36.6 Å². The normalized spacial score (nSPS) is 22.5.